The first-order valence-corrected chi connectivity index (χ1v) is 8.57. The number of hydrogen-bond donors (Lipinski definition) is 1. The second kappa shape index (κ2) is 8.77. The number of aromatic nitrogens is 2. The molecule has 0 unspecified atom stereocenters. The molecule has 8 nitrogen and oxygen atoms in total. The number of carbonyl (C=O) groups is 1. The van der Waals surface area contributed by atoms with Crippen molar-refractivity contribution in [3.63, 3.8) is 0 Å². The Morgan fingerprint density at radius 1 is 1.52 bits per heavy atom. The lowest BCUT2D eigenvalue weighted by Gasteiger charge is -2.31. The smallest absolute Gasteiger partial charge is 0.228 e. The number of ether oxygens (including phenoxy) is 1. The standard InChI is InChI=1S/C17H24N4O4/c1-23-12-15-19-16(25-20-15)6-7-18-17(22)13-4-2-8-21(10-13)11-14-5-3-9-24-14/h3,5,9,13H,2,4,6-8,10-12H2,1H3,(H,18,22)/t13-/m0/s1. The van der Waals surface area contributed by atoms with Crippen LogP contribution in [-0.2, 0) is 29.1 Å². The van der Waals surface area contributed by atoms with E-state index >= 15 is 0 Å². The zero-order valence-corrected chi connectivity index (χ0v) is 14.4. The normalized spacial score (nSPS) is 18.4. The van der Waals surface area contributed by atoms with Gasteiger partial charge in [-0.05, 0) is 31.5 Å². The van der Waals surface area contributed by atoms with Crippen LogP contribution in [-0.4, -0.2) is 47.7 Å². The van der Waals surface area contributed by atoms with Crippen LogP contribution < -0.4 is 5.32 Å². The van der Waals surface area contributed by atoms with Gasteiger partial charge in [-0.25, -0.2) is 0 Å². The van der Waals surface area contributed by atoms with E-state index in [1.54, 1.807) is 13.4 Å². The number of likely N-dealkylation sites (tertiary alicyclic amines) is 1. The van der Waals surface area contributed by atoms with Gasteiger partial charge in [-0.3, -0.25) is 9.69 Å². The van der Waals surface area contributed by atoms with Crippen LogP contribution in [0.15, 0.2) is 27.3 Å². The third-order valence-electron chi connectivity index (χ3n) is 4.26. The van der Waals surface area contributed by atoms with E-state index < -0.39 is 0 Å². The highest BCUT2D eigenvalue weighted by molar-refractivity contribution is 5.78. The molecule has 136 valence electrons. The molecule has 3 heterocycles. The van der Waals surface area contributed by atoms with Crippen molar-refractivity contribution in [1.82, 2.24) is 20.4 Å². The number of carbonyl (C=O) groups excluding carboxylic acids is 1. The minimum Gasteiger partial charge on any atom is -0.468 e. The molecule has 0 spiro atoms. The third kappa shape index (κ3) is 5.14. The SMILES string of the molecule is COCc1noc(CCNC(=O)[C@H]2CCCN(Cc3ccco3)C2)n1. The van der Waals surface area contributed by atoms with Gasteiger partial charge in [0.25, 0.3) is 0 Å². The summed E-state index contributed by atoms with van der Waals surface area (Å²) < 4.78 is 15.4. The van der Waals surface area contributed by atoms with E-state index in [4.69, 9.17) is 13.7 Å². The Kier molecular flexibility index (Phi) is 6.19. The van der Waals surface area contributed by atoms with Crippen molar-refractivity contribution in [2.24, 2.45) is 5.92 Å². The molecule has 1 fully saturated rings. The van der Waals surface area contributed by atoms with Crippen molar-refractivity contribution < 1.29 is 18.5 Å². The summed E-state index contributed by atoms with van der Waals surface area (Å²) in [5.41, 5.74) is 0. The summed E-state index contributed by atoms with van der Waals surface area (Å²) in [4.78, 5) is 18.9. The van der Waals surface area contributed by atoms with Crippen LogP contribution in [0.25, 0.3) is 0 Å². The van der Waals surface area contributed by atoms with Crippen LogP contribution in [0.2, 0.25) is 0 Å². The van der Waals surface area contributed by atoms with Crippen molar-refractivity contribution in [1.29, 1.82) is 0 Å². The molecule has 8 heteroatoms. The van der Waals surface area contributed by atoms with Crippen LogP contribution in [0.5, 0.6) is 0 Å². The molecular formula is C17H24N4O4. The summed E-state index contributed by atoms with van der Waals surface area (Å²) in [6, 6.07) is 3.85. The minimum absolute atomic E-state index is 0.00968. The molecule has 1 amide bonds. The van der Waals surface area contributed by atoms with Crippen molar-refractivity contribution in [3.05, 3.63) is 35.9 Å². The van der Waals surface area contributed by atoms with E-state index in [2.05, 4.69) is 20.4 Å². The first-order chi connectivity index (χ1) is 12.2. The largest absolute Gasteiger partial charge is 0.468 e. The van der Waals surface area contributed by atoms with E-state index in [9.17, 15) is 4.79 Å². The van der Waals surface area contributed by atoms with Gasteiger partial charge in [-0.15, -0.1) is 0 Å². The van der Waals surface area contributed by atoms with Gasteiger partial charge in [-0.1, -0.05) is 5.16 Å². The van der Waals surface area contributed by atoms with Gasteiger partial charge in [0.1, 0.15) is 12.4 Å². The Hall–Kier alpha value is -2.19. The maximum Gasteiger partial charge on any atom is 0.228 e. The van der Waals surface area contributed by atoms with Gasteiger partial charge in [0.2, 0.25) is 11.8 Å². The van der Waals surface area contributed by atoms with Crippen LogP contribution in [0.4, 0.5) is 0 Å². The number of nitrogens with one attached hydrogen (secondary N) is 1. The van der Waals surface area contributed by atoms with Gasteiger partial charge >= 0.3 is 0 Å². The van der Waals surface area contributed by atoms with Gasteiger partial charge < -0.3 is 19.0 Å². The minimum atomic E-state index is 0.00968. The maximum atomic E-state index is 12.4. The molecule has 1 atom stereocenters. The van der Waals surface area contributed by atoms with Gasteiger partial charge in [0, 0.05) is 26.6 Å². The second-order valence-corrected chi connectivity index (χ2v) is 6.23. The highest BCUT2D eigenvalue weighted by Crippen LogP contribution is 2.19. The molecular weight excluding hydrogens is 324 g/mol. The van der Waals surface area contributed by atoms with Crippen LogP contribution >= 0.6 is 0 Å². The summed E-state index contributed by atoms with van der Waals surface area (Å²) in [6.45, 7) is 3.31. The monoisotopic (exact) mass is 348 g/mol. The summed E-state index contributed by atoms with van der Waals surface area (Å²) >= 11 is 0. The number of piperidine rings is 1. The molecule has 1 aliphatic heterocycles. The number of amides is 1. The highest BCUT2D eigenvalue weighted by Gasteiger charge is 2.26. The van der Waals surface area contributed by atoms with Crippen molar-refractivity contribution >= 4 is 5.91 Å². The molecule has 0 bridgehead atoms. The van der Waals surface area contributed by atoms with E-state index in [1.807, 2.05) is 12.1 Å². The fourth-order valence-corrected chi connectivity index (χ4v) is 3.05. The Balaban J connectivity index is 1.41. The molecule has 1 N–H and O–H groups in total. The van der Waals surface area contributed by atoms with Gasteiger partial charge in [-0.2, -0.15) is 4.98 Å². The molecule has 25 heavy (non-hydrogen) atoms. The fraction of sp³-hybridized carbons (Fsp3) is 0.588. The number of nitrogens with zero attached hydrogens (tertiary/aromatic N) is 3. The van der Waals surface area contributed by atoms with E-state index in [-0.39, 0.29) is 11.8 Å². The van der Waals surface area contributed by atoms with Crippen LogP contribution in [0, 0.1) is 5.92 Å². The predicted molar refractivity (Wildman–Crippen MR) is 88.4 cm³/mol. The fourth-order valence-electron chi connectivity index (χ4n) is 3.05. The van der Waals surface area contributed by atoms with Gasteiger partial charge in [0.05, 0.1) is 18.7 Å². The molecule has 0 aliphatic carbocycles. The average molecular weight is 348 g/mol. The second-order valence-electron chi connectivity index (χ2n) is 6.23. The lowest BCUT2D eigenvalue weighted by atomic mass is 9.97. The molecule has 1 saturated heterocycles. The van der Waals surface area contributed by atoms with E-state index in [1.165, 1.54) is 0 Å². The summed E-state index contributed by atoms with van der Waals surface area (Å²) in [5.74, 6) is 2.06. The van der Waals surface area contributed by atoms with Crippen molar-refractivity contribution in [2.45, 2.75) is 32.4 Å². The molecule has 3 rings (SSSR count). The van der Waals surface area contributed by atoms with Crippen LogP contribution in [0.3, 0.4) is 0 Å². The van der Waals surface area contributed by atoms with Crippen LogP contribution in [0.1, 0.15) is 30.3 Å². The number of rotatable bonds is 8. The lowest BCUT2D eigenvalue weighted by Crippen LogP contribution is -2.43. The predicted octanol–water partition coefficient (Wildman–Crippen LogP) is 1.38. The molecule has 2 aromatic heterocycles. The van der Waals surface area contributed by atoms with Crippen molar-refractivity contribution in [2.75, 3.05) is 26.7 Å². The number of hydrogen-bond acceptors (Lipinski definition) is 7. The first-order valence-electron chi connectivity index (χ1n) is 8.57. The first kappa shape index (κ1) is 17.6. The summed E-state index contributed by atoms with van der Waals surface area (Å²) in [5, 5.41) is 6.77. The van der Waals surface area contributed by atoms with Crippen molar-refractivity contribution in [3.8, 4) is 0 Å². The highest BCUT2D eigenvalue weighted by atomic mass is 16.5. The summed E-state index contributed by atoms with van der Waals surface area (Å²) in [7, 11) is 1.58. The quantitative estimate of drug-likeness (QED) is 0.770. The molecule has 0 radical (unpaired) electrons. The van der Waals surface area contributed by atoms with Gasteiger partial charge in [0.15, 0.2) is 5.82 Å². The zero-order valence-electron chi connectivity index (χ0n) is 14.4. The maximum absolute atomic E-state index is 12.4. The molecule has 2 aromatic rings. The Morgan fingerprint density at radius 3 is 3.24 bits per heavy atom. The molecule has 1 aliphatic rings. The Bertz CT molecular complexity index is 655. The summed E-state index contributed by atoms with van der Waals surface area (Å²) in [6.07, 6.45) is 4.13. The lowest BCUT2D eigenvalue weighted by molar-refractivity contribution is -0.126. The zero-order chi connectivity index (χ0) is 17.5. The topological polar surface area (TPSA) is 93.6 Å². The molecule has 0 aromatic carbocycles. The third-order valence-corrected chi connectivity index (χ3v) is 4.26. The van der Waals surface area contributed by atoms with E-state index in [0.717, 1.165) is 38.2 Å². The Labute approximate surface area is 146 Å². The molecule has 0 saturated carbocycles. The Morgan fingerprint density at radius 2 is 2.44 bits per heavy atom. The number of methoxy groups -OCH3 is 1. The van der Waals surface area contributed by atoms with E-state index in [0.29, 0.717) is 31.3 Å². The average Bonchev–Trinajstić information content (AvgIpc) is 3.28. The number of furan rings is 1.